The van der Waals surface area contributed by atoms with Gasteiger partial charge in [0.1, 0.15) is 5.75 Å². The summed E-state index contributed by atoms with van der Waals surface area (Å²) in [6.45, 7) is 0. The molecule has 2 rings (SSSR count). The first-order chi connectivity index (χ1) is 8.70. The van der Waals surface area contributed by atoms with Crippen LogP contribution in [-0.2, 0) is 4.74 Å². The van der Waals surface area contributed by atoms with Crippen molar-refractivity contribution >= 4 is 28.6 Å². The van der Waals surface area contributed by atoms with Crippen molar-refractivity contribution < 1.29 is 14.3 Å². The quantitative estimate of drug-likeness (QED) is 0.625. The molecule has 0 radical (unpaired) electrons. The van der Waals surface area contributed by atoms with Crippen LogP contribution < -0.4 is 4.74 Å². The third-order valence-electron chi connectivity index (χ3n) is 2.07. The van der Waals surface area contributed by atoms with Gasteiger partial charge < -0.3 is 9.47 Å². The molecule has 0 spiro atoms. The topological polar surface area (TPSA) is 61.3 Å². The van der Waals surface area contributed by atoms with Crippen molar-refractivity contribution in [1.29, 1.82) is 0 Å². The Balaban J connectivity index is 2.16. The molecule has 0 aliphatic rings. The lowest BCUT2D eigenvalue weighted by Gasteiger charge is -2.06. The molecule has 0 aliphatic heterocycles. The Morgan fingerprint density at radius 1 is 1.22 bits per heavy atom. The average molecular weight is 356 g/mol. The molecule has 92 valence electrons. The zero-order valence-corrected chi connectivity index (χ0v) is 11.6. The molecule has 0 aliphatic carbocycles. The second-order valence-electron chi connectivity index (χ2n) is 3.26. The molecule has 0 unspecified atom stereocenters. The highest BCUT2D eigenvalue weighted by atomic mass is 127. The molecular weight excluding hydrogens is 347 g/mol. The number of hydrogen-bond acceptors (Lipinski definition) is 5. The van der Waals surface area contributed by atoms with Gasteiger partial charge in [-0.3, -0.25) is 0 Å². The second kappa shape index (κ2) is 5.76. The third kappa shape index (κ3) is 2.95. The number of rotatable bonds is 3. The van der Waals surface area contributed by atoms with Crippen LogP contribution in [0.4, 0.5) is 0 Å². The standard InChI is InChI=1S/C12H9IN2O3/c1-17-12(16)9-6-15-11(7-14-9)18-10-5-3-2-4-8(10)13/h2-7H,1H3. The number of aromatic nitrogens is 2. The molecule has 0 N–H and O–H groups in total. The van der Waals surface area contributed by atoms with Gasteiger partial charge >= 0.3 is 5.97 Å². The summed E-state index contributed by atoms with van der Waals surface area (Å²) in [5.41, 5.74) is 0.146. The number of para-hydroxylation sites is 1. The fourth-order valence-corrected chi connectivity index (χ4v) is 1.72. The van der Waals surface area contributed by atoms with Gasteiger partial charge in [-0.05, 0) is 34.7 Å². The van der Waals surface area contributed by atoms with Crippen LogP contribution in [0.1, 0.15) is 10.5 Å². The number of carbonyl (C=O) groups is 1. The van der Waals surface area contributed by atoms with Crippen molar-refractivity contribution in [3.05, 3.63) is 45.9 Å². The maximum absolute atomic E-state index is 11.2. The van der Waals surface area contributed by atoms with Gasteiger partial charge in [0.15, 0.2) is 5.69 Å². The summed E-state index contributed by atoms with van der Waals surface area (Å²) in [6, 6.07) is 7.54. The number of halogens is 1. The lowest BCUT2D eigenvalue weighted by Crippen LogP contribution is -2.04. The highest BCUT2D eigenvalue weighted by Crippen LogP contribution is 2.24. The molecule has 0 fully saturated rings. The molecule has 0 bridgehead atoms. The van der Waals surface area contributed by atoms with Gasteiger partial charge in [-0.25, -0.2) is 14.8 Å². The molecule has 0 saturated carbocycles. The largest absolute Gasteiger partial charge is 0.464 e. The van der Waals surface area contributed by atoms with E-state index < -0.39 is 5.97 Å². The van der Waals surface area contributed by atoms with E-state index in [0.29, 0.717) is 11.6 Å². The van der Waals surface area contributed by atoms with E-state index in [1.807, 2.05) is 24.3 Å². The molecule has 18 heavy (non-hydrogen) atoms. The number of nitrogens with zero attached hydrogens (tertiary/aromatic N) is 2. The molecule has 0 amide bonds. The van der Waals surface area contributed by atoms with Gasteiger partial charge in [-0.1, -0.05) is 12.1 Å². The van der Waals surface area contributed by atoms with E-state index in [4.69, 9.17) is 4.74 Å². The monoisotopic (exact) mass is 356 g/mol. The summed E-state index contributed by atoms with van der Waals surface area (Å²) < 4.78 is 11.0. The maximum Gasteiger partial charge on any atom is 0.358 e. The summed E-state index contributed by atoms with van der Waals surface area (Å²) >= 11 is 2.16. The third-order valence-corrected chi connectivity index (χ3v) is 2.97. The first-order valence-corrected chi connectivity index (χ1v) is 6.11. The number of benzene rings is 1. The molecule has 1 aromatic carbocycles. The number of ether oxygens (including phenoxy) is 2. The predicted molar refractivity (Wildman–Crippen MR) is 72.6 cm³/mol. The Morgan fingerprint density at radius 3 is 2.61 bits per heavy atom. The van der Waals surface area contributed by atoms with Crippen LogP contribution in [0, 0.1) is 3.57 Å². The smallest absolute Gasteiger partial charge is 0.358 e. The van der Waals surface area contributed by atoms with Gasteiger partial charge in [0.25, 0.3) is 0 Å². The van der Waals surface area contributed by atoms with Crippen LogP contribution in [0.5, 0.6) is 11.6 Å². The summed E-state index contributed by atoms with van der Waals surface area (Å²) in [7, 11) is 1.29. The molecule has 5 nitrogen and oxygen atoms in total. The van der Waals surface area contributed by atoms with E-state index in [0.717, 1.165) is 3.57 Å². The summed E-state index contributed by atoms with van der Waals surface area (Å²) in [5, 5.41) is 0. The molecule has 0 saturated heterocycles. The molecule has 1 heterocycles. The van der Waals surface area contributed by atoms with E-state index >= 15 is 0 Å². The lowest BCUT2D eigenvalue weighted by atomic mass is 10.3. The van der Waals surface area contributed by atoms with Crippen LogP contribution in [-0.4, -0.2) is 23.0 Å². The highest BCUT2D eigenvalue weighted by Gasteiger charge is 2.08. The number of carbonyl (C=O) groups excluding carboxylic acids is 1. The van der Waals surface area contributed by atoms with E-state index in [-0.39, 0.29) is 5.69 Å². The van der Waals surface area contributed by atoms with Gasteiger partial charge in [-0.15, -0.1) is 0 Å². The summed E-state index contributed by atoms with van der Waals surface area (Å²) in [5.74, 6) is 0.494. The highest BCUT2D eigenvalue weighted by molar-refractivity contribution is 14.1. The molecule has 2 aromatic rings. The minimum Gasteiger partial charge on any atom is -0.464 e. The van der Waals surface area contributed by atoms with Crippen molar-refractivity contribution in [2.75, 3.05) is 7.11 Å². The Hall–Kier alpha value is -1.70. The number of esters is 1. The van der Waals surface area contributed by atoms with Crippen LogP contribution in [0.3, 0.4) is 0 Å². The molecule has 0 atom stereocenters. The fraction of sp³-hybridized carbons (Fsp3) is 0.0833. The zero-order valence-electron chi connectivity index (χ0n) is 9.46. The van der Waals surface area contributed by atoms with Crippen molar-refractivity contribution in [2.24, 2.45) is 0 Å². The zero-order chi connectivity index (χ0) is 13.0. The number of methoxy groups -OCH3 is 1. The first-order valence-electron chi connectivity index (χ1n) is 5.03. The van der Waals surface area contributed by atoms with Crippen molar-refractivity contribution in [2.45, 2.75) is 0 Å². The Bertz CT molecular complexity index is 558. The lowest BCUT2D eigenvalue weighted by molar-refractivity contribution is 0.0593. The minimum absolute atomic E-state index is 0.146. The van der Waals surface area contributed by atoms with Gasteiger partial charge in [0, 0.05) is 0 Å². The maximum atomic E-state index is 11.2. The predicted octanol–water partition coefficient (Wildman–Crippen LogP) is 2.66. The Morgan fingerprint density at radius 2 is 2.00 bits per heavy atom. The normalized spacial score (nSPS) is 9.89. The number of hydrogen-bond donors (Lipinski definition) is 0. The van der Waals surface area contributed by atoms with Crippen LogP contribution >= 0.6 is 22.6 Å². The molecule has 6 heteroatoms. The van der Waals surface area contributed by atoms with E-state index in [1.165, 1.54) is 19.5 Å². The van der Waals surface area contributed by atoms with E-state index in [9.17, 15) is 4.79 Å². The minimum atomic E-state index is -0.525. The SMILES string of the molecule is COC(=O)c1cnc(Oc2ccccc2I)cn1. The summed E-state index contributed by atoms with van der Waals surface area (Å²) in [4.78, 5) is 19.1. The van der Waals surface area contributed by atoms with Crippen molar-refractivity contribution in [1.82, 2.24) is 9.97 Å². The van der Waals surface area contributed by atoms with Crippen molar-refractivity contribution in [3.8, 4) is 11.6 Å². The van der Waals surface area contributed by atoms with E-state index in [1.54, 1.807) is 0 Å². The van der Waals surface area contributed by atoms with E-state index in [2.05, 4.69) is 37.3 Å². The van der Waals surface area contributed by atoms with Gasteiger partial charge in [0.2, 0.25) is 5.88 Å². The van der Waals surface area contributed by atoms with Crippen molar-refractivity contribution in [3.63, 3.8) is 0 Å². The van der Waals surface area contributed by atoms with Crippen LogP contribution in [0.15, 0.2) is 36.7 Å². The first kappa shape index (κ1) is 12.7. The molecule has 1 aromatic heterocycles. The van der Waals surface area contributed by atoms with Gasteiger partial charge in [0.05, 0.1) is 23.1 Å². The van der Waals surface area contributed by atoms with Crippen LogP contribution in [0.2, 0.25) is 0 Å². The fourth-order valence-electron chi connectivity index (χ4n) is 1.22. The second-order valence-corrected chi connectivity index (χ2v) is 4.43. The van der Waals surface area contributed by atoms with Crippen LogP contribution in [0.25, 0.3) is 0 Å². The summed E-state index contributed by atoms with van der Waals surface area (Å²) in [6.07, 6.45) is 2.70. The average Bonchev–Trinajstić information content (AvgIpc) is 2.41. The van der Waals surface area contributed by atoms with Gasteiger partial charge in [-0.2, -0.15) is 0 Å². The Labute approximate surface area is 117 Å². The molecular formula is C12H9IN2O3. The Kier molecular flexibility index (Phi) is 4.08.